The van der Waals surface area contributed by atoms with Crippen LogP contribution in [0.25, 0.3) is 0 Å². The Morgan fingerprint density at radius 2 is 2.16 bits per heavy atom. The lowest BCUT2D eigenvalue weighted by atomic mass is 10.1. The van der Waals surface area contributed by atoms with Crippen molar-refractivity contribution in [3.8, 4) is 17.6 Å². The summed E-state index contributed by atoms with van der Waals surface area (Å²) in [5, 5.41) is 8.78. The smallest absolute Gasteiger partial charge is 0.134 e. The predicted molar refractivity (Wildman–Crippen MR) is 73.1 cm³/mol. The predicted octanol–water partition coefficient (Wildman–Crippen LogP) is 0.871. The Morgan fingerprint density at radius 3 is 2.84 bits per heavy atom. The van der Waals surface area contributed by atoms with Crippen LogP contribution < -0.4 is 4.74 Å². The average Bonchev–Trinajstić information content (AvgIpc) is 2.46. The minimum absolute atomic E-state index is 0.142. The number of hydrogen-bond donors (Lipinski definition) is 1. The van der Waals surface area contributed by atoms with Gasteiger partial charge in [-0.25, -0.2) is 0 Å². The molecule has 1 fully saturated rings. The summed E-state index contributed by atoms with van der Waals surface area (Å²) in [5.41, 5.74) is 2.02. The Morgan fingerprint density at radius 1 is 1.37 bits per heavy atom. The minimum atomic E-state index is -0.142. The van der Waals surface area contributed by atoms with Crippen LogP contribution in [0.4, 0.5) is 0 Å². The molecule has 4 heteroatoms. The van der Waals surface area contributed by atoms with Crippen LogP contribution in [-0.2, 0) is 11.3 Å². The van der Waals surface area contributed by atoms with E-state index in [1.54, 1.807) is 7.11 Å². The van der Waals surface area contributed by atoms with E-state index in [0.29, 0.717) is 0 Å². The SMILES string of the molecule is COc1ccc(CN2CCOCC2)cc1C#CCO. The molecule has 0 atom stereocenters. The van der Waals surface area contributed by atoms with Gasteiger partial charge in [-0.15, -0.1) is 0 Å². The molecule has 4 nitrogen and oxygen atoms in total. The molecule has 1 heterocycles. The molecule has 102 valence electrons. The number of morpholine rings is 1. The number of aliphatic hydroxyl groups is 1. The second kappa shape index (κ2) is 7.15. The molecule has 1 aliphatic heterocycles. The van der Waals surface area contributed by atoms with Crippen molar-refractivity contribution < 1.29 is 14.6 Å². The quantitative estimate of drug-likeness (QED) is 0.820. The van der Waals surface area contributed by atoms with Crippen molar-refractivity contribution in [2.75, 3.05) is 40.0 Å². The fraction of sp³-hybridized carbons (Fsp3) is 0.467. The molecule has 0 bridgehead atoms. The number of ether oxygens (including phenoxy) is 2. The fourth-order valence-electron chi connectivity index (χ4n) is 2.10. The summed E-state index contributed by atoms with van der Waals surface area (Å²) in [5.74, 6) is 6.33. The maximum absolute atomic E-state index is 8.78. The third-order valence-electron chi connectivity index (χ3n) is 3.08. The van der Waals surface area contributed by atoms with Crippen LogP contribution in [0.3, 0.4) is 0 Å². The molecule has 1 aromatic rings. The van der Waals surface area contributed by atoms with Gasteiger partial charge in [0.05, 0.1) is 25.9 Å². The number of benzene rings is 1. The third kappa shape index (κ3) is 3.97. The largest absolute Gasteiger partial charge is 0.495 e. The highest BCUT2D eigenvalue weighted by Crippen LogP contribution is 2.20. The van der Waals surface area contributed by atoms with Gasteiger partial charge in [-0.05, 0) is 17.7 Å². The van der Waals surface area contributed by atoms with E-state index >= 15 is 0 Å². The molecule has 0 radical (unpaired) electrons. The van der Waals surface area contributed by atoms with Crippen molar-refractivity contribution in [3.05, 3.63) is 29.3 Å². The number of nitrogens with zero attached hydrogens (tertiary/aromatic N) is 1. The van der Waals surface area contributed by atoms with Gasteiger partial charge in [0, 0.05) is 19.6 Å². The standard InChI is InChI=1S/C15H19NO3/c1-18-15-5-4-13(11-14(15)3-2-8-17)12-16-6-9-19-10-7-16/h4-5,11,17H,6-10,12H2,1H3. The van der Waals surface area contributed by atoms with E-state index in [0.717, 1.165) is 44.2 Å². The van der Waals surface area contributed by atoms with Crippen LogP contribution in [0, 0.1) is 11.8 Å². The molecule has 19 heavy (non-hydrogen) atoms. The number of aliphatic hydroxyl groups excluding tert-OH is 1. The molecule has 0 spiro atoms. The molecule has 0 unspecified atom stereocenters. The van der Waals surface area contributed by atoms with Gasteiger partial charge >= 0.3 is 0 Å². The number of methoxy groups -OCH3 is 1. The molecule has 0 saturated carbocycles. The van der Waals surface area contributed by atoms with E-state index in [4.69, 9.17) is 14.6 Å². The molecule has 1 aliphatic rings. The van der Waals surface area contributed by atoms with E-state index in [9.17, 15) is 0 Å². The molecular formula is C15H19NO3. The maximum atomic E-state index is 8.78. The first-order chi connectivity index (χ1) is 9.33. The normalized spacial score (nSPS) is 15.7. The Labute approximate surface area is 113 Å². The summed E-state index contributed by atoms with van der Waals surface area (Å²) in [6.45, 7) is 4.27. The molecule has 0 aliphatic carbocycles. The van der Waals surface area contributed by atoms with Gasteiger partial charge in [0.15, 0.2) is 0 Å². The lowest BCUT2D eigenvalue weighted by Crippen LogP contribution is -2.35. The van der Waals surface area contributed by atoms with Gasteiger partial charge in [-0.2, -0.15) is 0 Å². The van der Waals surface area contributed by atoms with Crippen molar-refractivity contribution in [2.24, 2.45) is 0 Å². The van der Waals surface area contributed by atoms with Crippen LogP contribution in [0.15, 0.2) is 18.2 Å². The zero-order valence-electron chi connectivity index (χ0n) is 11.2. The van der Waals surface area contributed by atoms with Crippen molar-refractivity contribution in [2.45, 2.75) is 6.54 Å². The number of rotatable bonds is 3. The van der Waals surface area contributed by atoms with Crippen molar-refractivity contribution in [1.82, 2.24) is 4.90 Å². The Balaban J connectivity index is 2.12. The first-order valence-electron chi connectivity index (χ1n) is 6.40. The lowest BCUT2D eigenvalue weighted by Gasteiger charge is -2.26. The van der Waals surface area contributed by atoms with E-state index in [2.05, 4.69) is 22.8 Å². The van der Waals surface area contributed by atoms with Crippen LogP contribution in [0.2, 0.25) is 0 Å². The van der Waals surface area contributed by atoms with Crippen LogP contribution in [0.5, 0.6) is 5.75 Å². The fourth-order valence-corrected chi connectivity index (χ4v) is 2.10. The monoisotopic (exact) mass is 261 g/mol. The van der Waals surface area contributed by atoms with Crippen molar-refractivity contribution >= 4 is 0 Å². The molecule has 1 saturated heterocycles. The second-order valence-corrected chi connectivity index (χ2v) is 4.38. The van der Waals surface area contributed by atoms with Crippen molar-refractivity contribution in [3.63, 3.8) is 0 Å². The van der Waals surface area contributed by atoms with E-state index in [1.807, 2.05) is 12.1 Å². The molecule has 0 aromatic heterocycles. The molecular weight excluding hydrogens is 242 g/mol. The highest BCUT2D eigenvalue weighted by Gasteiger charge is 2.11. The Kier molecular flexibility index (Phi) is 5.22. The molecule has 1 N–H and O–H groups in total. The molecule has 1 aromatic carbocycles. The minimum Gasteiger partial charge on any atom is -0.495 e. The highest BCUT2D eigenvalue weighted by molar-refractivity contribution is 5.48. The van der Waals surface area contributed by atoms with Gasteiger partial charge in [0.25, 0.3) is 0 Å². The third-order valence-corrected chi connectivity index (χ3v) is 3.08. The van der Waals surface area contributed by atoms with Gasteiger partial charge in [-0.3, -0.25) is 4.90 Å². The molecule has 2 rings (SSSR count). The summed E-state index contributed by atoms with van der Waals surface area (Å²) in [7, 11) is 1.63. The van der Waals surface area contributed by atoms with Crippen LogP contribution in [-0.4, -0.2) is 50.0 Å². The second-order valence-electron chi connectivity index (χ2n) is 4.38. The first-order valence-corrected chi connectivity index (χ1v) is 6.40. The van der Waals surface area contributed by atoms with Gasteiger partial charge in [0.1, 0.15) is 12.4 Å². The van der Waals surface area contributed by atoms with Gasteiger partial charge in [-0.1, -0.05) is 17.9 Å². The summed E-state index contributed by atoms with van der Waals surface area (Å²) >= 11 is 0. The lowest BCUT2D eigenvalue weighted by molar-refractivity contribution is 0.0342. The Bertz CT molecular complexity index is 470. The van der Waals surface area contributed by atoms with Crippen LogP contribution >= 0.6 is 0 Å². The van der Waals surface area contributed by atoms with Gasteiger partial charge in [0.2, 0.25) is 0 Å². The van der Waals surface area contributed by atoms with Gasteiger partial charge < -0.3 is 14.6 Å². The summed E-state index contributed by atoms with van der Waals surface area (Å²) < 4.78 is 10.6. The summed E-state index contributed by atoms with van der Waals surface area (Å²) in [4.78, 5) is 2.36. The van der Waals surface area contributed by atoms with Crippen molar-refractivity contribution in [1.29, 1.82) is 0 Å². The highest BCUT2D eigenvalue weighted by atomic mass is 16.5. The number of hydrogen-bond acceptors (Lipinski definition) is 4. The van der Waals surface area contributed by atoms with E-state index < -0.39 is 0 Å². The van der Waals surface area contributed by atoms with E-state index in [1.165, 1.54) is 5.56 Å². The van der Waals surface area contributed by atoms with Crippen LogP contribution in [0.1, 0.15) is 11.1 Å². The Hall–Kier alpha value is -1.54. The maximum Gasteiger partial charge on any atom is 0.134 e. The van der Waals surface area contributed by atoms with E-state index in [-0.39, 0.29) is 6.61 Å². The first kappa shape index (κ1) is 13.9. The molecule has 0 amide bonds. The topological polar surface area (TPSA) is 41.9 Å². The zero-order valence-corrected chi connectivity index (χ0v) is 11.2. The zero-order chi connectivity index (χ0) is 13.5. The summed E-state index contributed by atoms with van der Waals surface area (Å²) in [6.07, 6.45) is 0. The summed E-state index contributed by atoms with van der Waals surface area (Å²) in [6, 6.07) is 6.01. The average molecular weight is 261 g/mol.